The van der Waals surface area contributed by atoms with Gasteiger partial charge in [0.05, 0.1) is 13.0 Å². The van der Waals surface area contributed by atoms with Crippen molar-refractivity contribution in [3.8, 4) is 0 Å². The number of amides is 3. The lowest BCUT2D eigenvalue weighted by molar-refractivity contribution is -0.129. The van der Waals surface area contributed by atoms with E-state index in [0.29, 0.717) is 5.69 Å². The quantitative estimate of drug-likeness (QED) is 0.794. The SMILES string of the molecule is C=CC(=O)N(C)CC(=O)Nc1ccccc1CC(=O)N(C)C. The van der Waals surface area contributed by atoms with Crippen LogP contribution >= 0.6 is 0 Å². The highest BCUT2D eigenvalue weighted by atomic mass is 16.2. The Morgan fingerprint density at radius 1 is 1.18 bits per heavy atom. The maximum atomic E-state index is 12.0. The Kier molecular flexibility index (Phi) is 6.31. The molecule has 0 aromatic heterocycles. The lowest BCUT2D eigenvalue weighted by atomic mass is 10.1. The van der Waals surface area contributed by atoms with Crippen molar-refractivity contribution in [2.24, 2.45) is 0 Å². The first-order valence-corrected chi connectivity index (χ1v) is 6.80. The molecule has 0 saturated carbocycles. The maximum Gasteiger partial charge on any atom is 0.246 e. The van der Waals surface area contributed by atoms with Gasteiger partial charge in [0.1, 0.15) is 0 Å². The molecule has 1 N–H and O–H groups in total. The van der Waals surface area contributed by atoms with Gasteiger partial charge in [-0.15, -0.1) is 0 Å². The summed E-state index contributed by atoms with van der Waals surface area (Å²) in [5.41, 5.74) is 1.30. The molecule has 6 heteroatoms. The van der Waals surface area contributed by atoms with Crippen molar-refractivity contribution in [1.82, 2.24) is 9.80 Å². The molecule has 0 aliphatic carbocycles. The first-order chi connectivity index (χ1) is 10.3. The molecule has 3 amide bonds. The summed E-state index contributed by atoms with van der Waals surface area (Å²) in [7, 11) is 4.88. The van der Waals surface area contributed by atoms with E-state index in [1.165, 1.54) is 16.8 Å². The van der Waals surface area contributed by atoms with Crippen LogP contribution in [0.4, 0.5) is 5.69 Å². The number of likely N-dealkylation sites (N-methyl/N-ethyl adjacent to an activating group) is 2. The van der Waals surface area contributed by atoms with E-state index in [1.807, 2.05) is 0 Å². The highest BCUT2D eigenvalue weighted by Gasteiger charge is 2.13. The monoisotopic (exact) mass is 303 g/mol. The van der Waals surface area contributed by atoms with Gasteiger partial charge < -0.3 is 15.1 Å². The van der Waals surface area contributed by atoms with Crippen molar-refractivity contribution < 1.29 is 14.4 Å². The molecule has 118 valence electrons. The van der Waals surface area contributed by atoms with Gasteiger partial charge in [-0.1, -0.05) is 24.8 Å². The van der Waals surface area contributed by atoms with Crippen molar-refractivity contribution in [1.29, 1.82) is 0 Å². The Morgan fingerprint density at radius 3 is 2.41 bits per heavy atom. The Hall–Kier alpha value is -2.63. The smallest absolute Gasteiger partial charge is 0.246 e. The second-order valence-electron chi connectivity index (χ2n) is 5.07. The van der Waals surface area contributed by atoms with Gasteiger partial charge in [-0.2, -0.15) is 0 Å². The van der Waals surface area contributed by atoms with E-state index in [4.69, 9.17) is 0 Å². The zero-order valence-electron chi connectivity index (χ0n) is 13.1. The summed E-state index contributed by atoms with van der Waals surface area (Å²) in [4.78, 5) is 37.9. The summed E-state index contributed by atoms with van der Waals surface area (Å²) in [5.74, 6) is -0.714. The first-order valence-electron chi connectivity index (χ1n) is 6.80. The molecule has 0 aliphatic rings. The van der Waals surface area contributed by atoms with Crippen LogP contribution in [0.1, 0.15) is 5.56 Å². The lowest BCUT2D eigenvalue weighted by Crippen LogP contribution is -2.34. The molecule has 1 aromatic rings. The summed E-state index contributed by atoms with van der Waals surface area (Å²) in [6, 6.07) is 7.10. The molecule has 0 unspecified atom stereocenters. The predicted octanol–water partition coefficient (Wildman–Crippen LogP) is 0.900. The fraction of sp³-hybridized carbons (Fsp3) is 0.312. The van der Waals surface area contributed by atoms with Crippen molar-refractivity contribution in [2.45, 2.75) is 6.42 Å². The lowest BCUT2D eigenvalue weighted by Gasteiger charge is -2.17. The van der Waals surface area contributed by atoms with Crippen LogP contribution in [0.3, 0.4) is 0 Å². The van der Waals surface area contributed by atoms with E-state index >= 15 is 0 Å². The third kappa shape index (κ3) is 5.05. The van der Waals surface area contributed by atoms with Crippen LogP contribution in [-0.2, 0) is 20.8 Å². The van der Waals surface area contributed by atoms with Crippen LogP contribution < -0.4 is 5.32 Å². The molecule has 0 fully saturated rings. The standard InChI is InChI=1S/C16H21N3O3/c1-5-15(21)19(4)11-14(20)17-13-9-7-6-8-12(13)10-16(22)18(2)3/h5-9H,1,10-11H2,2-4H3,(H,17,20). The third-order valence-corrected chi connectivity index (χ3v) is 3.06. The Morgan fingerprint density at radius 2 is 1.82 bits per heavy atom. The zero-order valence-corrected chi connectivity index (χ0v) is 13.1. The van der Waals surface area contributed by atoms with Gasteiger partial charge in [0.15, 0.2) is 0 Å². The second-order valence-corrected chi connectivity index (χ2v) is 5.07. The molecule has 0 spiro atoms. The Bertz CT molecular complexity index is 582. The maximum absolute atomic E-state index is 12.0. The van der Waals surface area contributed by atoms with Gasteiger partial charge in [-0.05, 0) is 17.7 Å². The summed E-state index contributed by atoms with van der Waals surface area (Å²) < 4.78 is 0. The minimum Gasteiger partial charge on any atom is -0.349 e. The van der Waals surface area contributed by atoms with Crippen LogP contribution in [-0.4, -0.2) is 55.2 Å². The highest BCUT2D eigenvalue weighted by molar-refractivity contribution is 5.97. The molecule has 1 aromatic carbocycles. The van der Waals surface area contributed by atoms with E-state index in [-0.39, 0.29) is 30.7 Å². The number of hydrogen-bond donors (Lipinski definition) is 1. The van der Waals surface area contributed by atoms with E-state index in [2.05, 4.69) is 11.9 Å². The number of nitrogens with one attached hydrogen (secondary N) is 1. The largest absolute Gasteiger partial charge is 0.349 e. The Labute approximate surface area is 130 Å². The van der Waals surface area contributed by atoms with Gasteiger partial charge in [-0.3, -0.25) is 14.4 Å². The predicted molar refractivity (Wildman–Crippen MR) is 85.3 cm³/mol. The molecule has 0 radical (unpaired) electrons. The number of hydrogen-bond acceptors (Lipinski definition) is 3. The number of anilines is 1. The number of carbonyl (C=O) groups is 3. The molecule has 0 aliphatic heterocycles. The van der Waals surface area contributed by atoms with Gasteiger partial charge in [0, 0.05) is 26.8 Å². The Balaban J connectivity index is 2.77. The average molecular weight is 303 g/mol. The number of benzene rings is 1. The molecule has 0 heterocycles. The van der Waals surface area contributed by atoms with E-state index < -0.39 is 0 Å². The van der Waals surface area contributed by atoms with Crippen molar-refractivity contribution in [3.63, 3.8) is 0 Å². The molecule has 6 nitrogen and oxygen atoms in total. The van der Waals surface area contributed by atoms with Gasteiger partial charge in [-0.25, -0.2) is 0 Å². The molecule has 22 heavy (non-hydrogen) atoms. The molecule has 0 bridgehead atoms. The van der Waals surface area contributed by atoms with Crippen molar-refractivity contribution in [3.05, 3.63) is 42.5 Å². The summed E-state index contributed by atoms with van der Waals surface area (Å²) >= 11 is 0. The topological polar surface area (TPSA) is 69.7 Å². The van der Waals surface area contributed by atoms with E-state index in [0.717, 1.165) is 11.6 Å². The summed E-state index contributed by atoms with van der Waals surface area (Å²) in [6.45, 7) is 3.29. The fourth-order valence-electron chi connectivity index (χ4n) is 1.76. The number of rotatable bonds is 6. The van der Waals surface area contributed by atoms with E-state index in [9.17, 15) is 14.4 Å². The van der Waals surface area contributed by atoms with Gasteiger partial charge in [0.2, 0.25) is 17.7 Å². The minimum absolute atomic E-state index is 0.0550. The highest BCUT2D eigenvalue weighted by Crippen LogP contribution is 2.16. The summed E-state index contributed by atoms with van der Waals surface area (Å²) in [6.07, 6.45) is 1.35. The minimum atomic E-state index is -0.331. The number of carbonyl (C=O) groups excluding carboxylic acids is 3. The molecular formula is C16H21N3O3. The molecule has 0 atom stereocenters. The van der Waals surface area contributed by atoms with Crippen LogP contribution in [0.15, 0.2) is 36.9 Å². The van der Waals surface area contributed by atoms with Gasteiger partial charge in [0.25, 0.3) is 0 Å². The van der Waals surface area contributed by atoms with Gasteiger partial charge >= 0.3 is 0 Å². The van der Waals surface area contributed by atoms with Crippen LogP contribution in [0.2, 0.25) is 0 Å². The molecular weight excluding hydrogens is 282 g/mol. The molecule has 0 saturated heterocycles. The van der Waals surface area contributed by atoms with E-state index in [1.54, 1.807) is 38.4 Å². The third-order valence-electron chi connectivity index (χ3n) is 3.06. The fourth-order valence-corrected chi connectivity index (χ4v) is 1.76. The first kappa shape index (κ1) is 17.4. The second kappa shape index (κ2) is 7.97. The number of para-hydroxylation sites is 1. The number of nitrogens with zero attached hydrogens (tertiary/aromatic N) is 2. The van der Waals surface area contributed by atoms with Crippen LogP contribution in [0.5, 0.6) is 0 Å². The zero-order chi connectivity index (χ0) is 16.7. The average Bonchev–Trinajstić information content (AvgIpc) is 2.47. The van der Waals surface area contributed by atoms with Crippen LogP contribution in [0, 0.1) is 0 Å². The summed E-state index contributed by atoms with van der Waals surface area (Å²) in [5, 5.41) is 2.73. The molecule has 1 rings (SSSR count). The van der Waals surface area contributed by atoms with Crippen molar-refractivity contribution in [2.75, 3.05) is 33.0 Å². The normalized spacial score (nSPS) is 9.77. The van der Waals surface area contributed by atoms with Crippen molar-refractivity contribution >= 4 is 23.4 Å². The van der Waals surface area contributed by atoms with Crippen LogP contribution in [0.25, 0.3) is 0 Å².